The van der Waals surface area contributed by atoms with Gasteiger partial charge in [0.05, 0.1) is 6.10 Å². The van der Waals surface area contributed by atoms with Crippen molar-refractivity contribution in [1.82, 2.24) is 9.97 Å². The van der Waals surface area contributed by atoms with Gasteiger partial charge in [-0.1, -0.05) is 25.7 Å². The summed E-state index contributed by atoms with van der Waals surface area (Å²) in [6.07, 6.45) is 9.05. The predicted molar refractivity (Wildman–Crippen MR) is 67.8 cm³/mol. The van der Waals surface area contributed by atoms with Crippen LogP contribution in [0.3, 0.4) is 0 Å². The van der Waals surface area contributed by atoms with Crippen molar-refractivity contribution in [3.05, 3.63) is 23.3 Å². The molecular weight excluding hydrogens is 212 g/mol. The fourth-order valence-electron chi connectivity index (χ4n) is 2.64. The molecule has 1 N–H and O–H groups in total. The van der Waals surface area contributed by atoms with Crippen LogP contribution in [0, 0.1) is 6.92 Å². The fraction of sp³-hybridized carbons (Fsp3) is 0.714. The zero-order valence-corrected chi connectivity index (χ0v) is 10.8. The van der Waals surface area contributed by atoms with Crippen molar-refractivity contribution in [2.45, 2.75) is 64.4 Å². The fourth-order valence-corrected chi connectivity index (χ4v) is 2.64. The number of aryl methyl sites for hydroxylation is 1. The number of rotatable bonds is 2. The van der Waals surface area contributed by atoms with Crippen molar-refractivity contribution in [3.8, 4) is 0 Å². The van der Waals surface area contributed by atoms with E-state index in [9.17, 15) is 5.11 Å². The third kappa shape index (κ3) is 3.03. The van der Waals surface area contributed by atoms with E-state index in [2.05, 4.69) is 9.97 Å². The highest BCUT2D eigenvalue weighted by Gasteiger charge is 2.18. The summed E-state index contributed by atoms with van der Waals surface area (Å²) < 4.78 is 0. The highest BCUT2D eigenvalue weighted by molar-refractivity contribution is 5.19. The quantitative estimate of drug-likeness (QED) is 0.799. The van der Waals surface area contributed by atoms with E-state index in [1.807, 2.05) is 6.92 Å². The molecule has 3 heteroatoms. The van der Waals surface area contributed by atoms with E-state index in [0.29, 0.717) is 5.92 Å². The van der Waals surface area contributed by atoms with Crippen LogP contribution < -0.4 is 0 Å². The van der Waals surface area contributed by atoms with Crippen LogP contribution in [0.2, 0.25) is 0 Å². The van der Waals surface area contributed by atoms with Crippen molar-refractivity contribution in [3.63, 3.8) is 0 Å². The molecule has 0 aromatic carbocycles. The third-order valence-electron chi connectivity index (χ3n) is 3.71. The Balaban J connectivity index is 2.18. The topological polar surface area (TPSA) is 46.0 Å². The third-order valence-corrected chi connectivity index (χ3v) is 3.71. The second-order valence-electron chi connectivity index (χ2n) is 5.13. The van der Waals surface area contributed by atoms with Crippen LogP contribution in [0.15, 0.2) is 6.20 Å². The molecule has 0 unspecified atom stereocenters. The molecule has 17 heavy (non-hydrogen) atoms. The first kappa shape index (κ1) is 12.5. The van der Waals surface area contributed by atoms with Crippen molar-refractivity contribution >= 4 is 0 Å². The first-order valence-electron chi connectivity index (χ1n) is 6.70. The van der Waals surface area contributed by atoms with Gasteiger partial charge in [0.15, 0.2) is 0 Å². The number of aromatic nitrogens is 2. The van der Waals surface area contributed by atoms with Gasteiger partial charge < -0.3 is 5.11 Å². The molecule has 0 bridgehead atoms. The van der Waals surface area contributed by atoms with Crippen molar-refractivity contribution in [2.75, 3.05) is 0 Å². The van der Waals surface area contributed by atoms with Crippen molar-refractivity contribution in [1.29, 1.82) is 0 Å². The molecule has 1 aromatic rings. The number of aliphatic hydroxyl groups excluding tert-OH is 1. The minimum Gasteiger partial charge on any atom is -0.389 e. The first-order chi connectivity index (χ1) is 8.18. The maximum atomic E-state index is 9.57. The summed E-state index contributed by atoms with van der Waals surface area (Å²) in [6.45, 7) is 3.72. The summed E-state index contributed by atoms with van der Waals surface area (Å²) in [5.74, 6) is 1.51. The summed E-state index contributed by atoms with van der Waals surface area (Å²) >= 11 is 0. The van der Waals surface area contributed by atoms with Crippen LogP contribution in [-0.2, 0) is 0 Å². The van der Waals surface area contributed by atoms with Crippen LogP contribution in [0.5, 0.6) is 0 Å². The Morgan fingerprint density at radius 1 is 1.24 bits per heavy atom. The summed E-state index contributed by atoms with van der Waals surface area (Å²) in [5, 5.41) is 9.57. The molecule has 1 aliphatic rings. The summed E-state index contributed by atoms with van der Waals surface area (Å²) in [4.78, 5) is 9.04. The maximum absolute atomic E-state index is 9.57. The average molecular weight is 234 g/mol. The standard InChI is InChI=1S/C14H22N2O/c1-10-13(11(2)17)9-15-14(16-10)12-7-5-3-4-6-8-12/h9,11-12,17H,3-8H2,1-2H3/t11-/m1/s1. The molecule has 1 aromatic heterocycles. The Morgan fingerprint density at radius 2 is 1.88 bits per heavy atom. The SMILES string of the molecule is Cc1nc(C2CCCCCC2)ncc1[C@@H](C)O. The second-order valence-corrected chi connectivity index (χ2v) is 5.13. The van der Waals surface area contributed by atoms with E-state index >= 15 is 0 Å². The minimum absolute atomic E-state index is 0.474. The molecule has 1 aliphatic carbocycles. The normalized spacial score (nSPS) is 19.9. The lowest BCUT2D eigenvalue weighted by molar-refractivity contribution is 0.197. The van der Waals surface area contributed by atoms with Gasteiger partial charge in [0.2, 0.25) is 0 Å². The lowest BCUT2D eigenvalue weighted by Crippen LogP contribution is -2.08. The second kappa shape index (κ2) is 5.58. The van der Waals surface area contributed by atoms with Gasteiger partial charge in [0.1, 0.15) is 5.82 Å². The molecule has 94 valence electrons. The van der Waals surface area contributed by atoms with Gasteiger partial charge in [-0.15, -0.1) is 0 Å². The zero-order chi connectivity index (χ0) is 12.3. The van der Waals surface area contributed by atoms with Crippen LogP contribution in [0.4, 0.5) is 0 Å². The summed E-state index contributed by atoms with van der Waals surface area (Å²) in [7, 11) is 0. The molecule has 1 saturated carbocycles. The van der Waals surface area contributed by atoms with Gasteiger partial charge in [0, 0.05) is 23.4 Å². The molecule has 1 fully saturated rings. The van der Waals surface area contributed by atoms with E-state index in [4.69, 9.17) is 0 Å². The largest absolute Gasteiger partial charge is 0.389 e. The van der Waals surface area contributed by atoms with Crippen LogP contribution in [-0.4, -0.2) is 15.1 Å². The Labute approximate surface area is 103 Å². The predicted octanol–water partition coefficient (Wildman–Crippen LogP) is 3.28. The zero-order valence-electron chi connectivity index (χ0n) is 10.8. The monoisotopic (exact) mass is 234 g/mol. The number of hydrogen-bond donors (Lipinski definition) is 1. The van der Waals surface area contributed by atoms with Gasteiger partial charge in [-0.2, -0.15) is 0 Å². The van der Waals surface area contributed by atoms with E-state index < -0.39 is 6.10 Å². The molecule has 0 aliphatic heterocycles. The number of nitrogens with zero attached hydrogens (tertiary/aromatic N) is 2. The van der Waals surface area contributed by atoms with E-state index in [1.165, 1.54) is 38.5 Å². The van der Waals surface area contributed by atoms with Gasteiger partial charge >= 0.3 is 0 Å². The van der Waals surface area contributed by atoms with Crippen LogP contribution in [0.1, 0.15) is 74.6 Å². The molecule has 3 nitrogen and oxygen atoms in total. The molecule has 0 radical (unpaired) electrons. The Morgan fingerprint density at radius 3 is 2.41 bits per heavy atom. The molecular formula is C14H22N2O. The van der Waals surface area contributed by atoms with Crippen molar-refractivity contribution in [2.24, 2.45) is 0 Å². The maximum Gasteiger partial charge on any atom is 0.131 e. The molecule has 0 saturated heterocycles. The summed E-state index contributed by atoms with van der Waals surface area (Å²) in [6, 6.07) is 0. The molecule has 1 atom stereocenters. The van der Waals surface area contributed by atoms with E-state index in [0.717, 1.165) is 17.1 Å². The van der Waals surface area contributed by atoms with Gasteiger partial charge in [0.25, 0.3) is 0 Å². The lowest BCUT2D eigenvalue weighted by atomic mass is 9.99. The summed E-state index contributed by atoms with van der Waals surface area (Å²) in [5.41, 5.74) is 1.77. The highest BCUT2D eigenvalue weighted by Crippen LogP contribution is 2.30. The average Bonchev–Trinajstić information content (AvgIpc) is 2.56. The Bertz CT molecular complexity index is 368. The van der Waals surface area contributed by atoms with Crippen LogP contribution in [0.25, 0.3) is 0 Å². The molecule has 2 rings (SSSR count). The Hall–Kier alpha value is -0.960. The highest BCUT2D eigenvalue weighted by atomic mass is 16.3. The van der Waals surface area contributed by atoms with Crippen LogP contribution >= 0.6 is 0 Å². The van der Waals surface area contributed by atoms with E-state index in [1.54, 1.807) is 13.1 Å². The number of hydrogen-bond acceptors (Lipinski definition) is 3. The van der Waals surface area contributed by atoms with Gasteiger partial charge in [-0.25, -0.2) is 9.97 Å². The smallest absolute Gasteiger partial charge is 0.131 e. The first-order valence-corrected chi connectivity index (χ1v) is 6.70. The Kier molecular flexibility index (Phi) is 4.11. The van der Waals surface area contributed by atoms with Crippen molar-refractivity contribution < 1.29 is 5.11 Å². The van der Waals surface area contributed by atoms with Gasteiger partial charge in [-0.05, 0) is 26.7 Å². The van der Waals surface area contributed by atoms with E-state index in [-0.39, 0.29) is 0 Å². The minimum atomic E-state index is -0.474. The van der Waals surface area contributed by atoms with Gasteiger partial charge in [-0.3, -0.25) is 0 Å². The molecule has 0 spiro atoms. The number of aliphatic hydroxyl groups is 1. The lowest BCUT2D eigenvalue weighted by Gasteiger charge is -2.15. The molecule has 0 amide bonds. The molecule has 1 heterocycles.